The predicted octanol–water partition coefficient (Wildman–Crippen LogP) is 2.99. The molecular weight excluding hydrogens is 334 g/mol. The molecule has 1 aromatic rings. The molecule has 3 rings (SSSR count). The predicted molar refractivity (Wildman–Crippen MR) is 85.2 cm³/mol. The first-order valence-corrected chi connectivity index (χ1v) is 8.48. The van der Waals surface area contributed by atoms with Gasteiger partial charge in [-0.05, 0) is 31.9 Å². The van der Waals surface area contributed by atoms with Crippen LogP contribution in [-0.2, 0) is 9.53 Å². The largest absolute Gasteiger partial charge is 0.479 e. The van der Waals surface area contributed by atoms with Crippen molar-refractivity contribution in [2.24, 2.45) is 5.41 Å². The van der Waals surface area contributed by atoms with Crippen LogP contribution < -0.4 is 9.64 Å². The second-order valence-electron chi connectivity index (χ2n) is 5.90. The van der Waals surface area contributed by atoms with Gasteiger partial charge < -0.3 is 14.4 Å². The van der Waals surface area contributed by atoms with Crippen molar-refractivity contribution in [3.63, 3.8) is 0 Å². The van der Waals surface area contributed by atoms with Crippen LogP contribution in [0.2, 0.25) is 0 Å². The molecular formula is C16H20BrNO3. The summed E-state index contributed by atoms with van der Waals surface area (Å²) in [7, 11) is 0. The standard InChI is InChI=1S/C16H20BrNO3/c1-12-15(19)18(13-4-2-3-5-14(13)21-12)11-16(10-17)6-8-20-9-7-16/h2-5,12H,6-11H2,1H3. The molecule has 1 unspecified atom stereocenters. The summed E-state index contributed by atoms with van der Waals surface area (Å²) in [5.41, 5.74) is 0.963. The first-order valence-electron chi connectivity index (χ1n) is 7.36. The highest BCUT2D eigenvalue weighted by Gasteiger charge is 2.39. The van der Waals surface area contributed by atoms with Gasteiger partial charge in [-0.2, -0.15) is 0 Å². The lowest BCUT2D eigenvalue weighted by Gasteiger charge is -2.42. The smallest absolute Gasteiger partial charge is 0.267 e. The summed E-state index contributed by atoms with van der Waals surface area (Å²) in [6.45, 7) is 4.06. The number of amides is 1. The molecule has 21 heavy (non-hydrogen) atoms. The van der Waals surface area contributed by atoms with Crippen molar-refractivity contribution in [3.8, 4) is 5.75 Å². The van der Waals surface area contributed by atoms with Crippen molar-refractivity contribution in [1.82, 2.24) is 0 Å². The van der Waals surface area contributed by atoms with Gasteiger partial charge in [-0.3, -0.25) is 4.79 Å². The number of para-hydroxylation sites is 2. The number of halogens is 1. The van der Waals surface area contributed by atoms with E-state index in [-0.39, 0.29) is 11.3 Å². The van der Waals surface area contributed by atoms with Crippen molar-refractivity contribution in [3.05, 3.63) is 24.3 Å². The van der Waals surface area contributed by atoms with Crippen molar-refractivity contribution in [2.45, 2.75) is 25.9 Å². The minimum absolute atomic E-state index is 0.0421. The minimum Gasteiger partial charge on any atom is -0.479 e. The molecule has 2 aliphatic heterocycles. The average molecular weight is 354 g/mol. The maximum atomic E-state index is 12.6. The Labute approximate surface area is 133 Å². The summed E-state index contributed by atoms with van der Waals surface area (Å²) in [6, 6.07) is 7.77. The van der Waals surface area contributed by atoms with Crippen LogP contribution in [0.3, 0.4) is 0 Å². The van der Waals surface area contributed by atoms with Crippen LogP contribution in [0, 0.1) is 5.41 Å². The molecule has 2 aliphatic rings. The highest BCUT2D eigenvalue weighted by molar-refractivity contribution is 9.09. The molecule has 0 bridgehead atoms. The zero-order valence-electron chi connectivity index (χ0n) is 12.2. The fourth-order valence-electron chi connectivity index (χ4n) is 3.00. The van der Waals surface area contributed by atoms with E-state index in [0.29, 0.717) is 6.54 Å². The summed E-state index contributed by atoms with van der Waals surface area (Å²) in [5.74, 6) is 0.835. The van der Waals surface area contributed by atoms with E-state index < -0.39 is 6.10 Å². The van der Waals surface area contributed by atoms with E-state index in [1.165, 1.54) is 0 Å². The molecule has 4 nitrogen and oxygen atoms in total. The Hall–Kier alpha value is -1.07. The quantitative estimate of drug-likeness (QED) is 0.784. The van der Waals surface area contributed by atoms with E-state index in [2.05, 4.69) is 15.9 Å². The lowest BCUT2D eigenvalue weighted by Crippen LogP contribution is -2.51. The fraction of sp³-hybridized carbons (Fsp3) is 0.562. The lowest BCUT2D eigenvalue weighted by atomic mass is 9.81. The second kappa shape index (κ2) is 5.97. The van der Waals surface area contributed by atoms with E-state index in [4.69, 9.17) is 9.47 Å². The van der Waals surface area contributed by atoms with Gasteiger partial charge in [0.25, 0.3) is 5.91 Å². The topological polar surface area (TPSA) is 38.8 Å². The van der Waals surface area contributed by atoms with Crippen LogP contribution in [0.4, 0.5) is 5.69 Å². The maximum Gasteiger partial charge on any atom is 0.267 e. The summed E-state index contributed by atoms with van der Waals surface area (Å²) in [6.07, 6.45) is 1.52. The molecule has 2 heterocycles. The summed E-state index contributed by atoms with van der Waals surface area (Å²) >= 11 is 3.65. The number of hydrogen-bond donors (Lipinski definition) is 0. The molecule has 114 valence electrons. The van der Waals surface area contributed by atoms with Gasteiger partial charge in [0.15, 0.2) is 6.10 Å². The zero-order chi connectivity index (χ0) is 14.9. The number of carbonyl (C=O) groups is 1. The SMILES string of the molecule is CC1Oc2ccccc2N(CC2(CBr)CCOCC2)C1=O. The zero-order valence-corrected chi connectivity index (χ0v) is 13.8. The first-order chi connectivity index (χ1) is 10.2. The van der Waals surface area contributed by atoms with E-state index >= 15 is 0 Å². The summed E-state index contributed by atoms with van der Waals surface area (Å²) in [4.78, 5) is 14.5. The number of alkyl halides is 1. The normalized spacial score (nSPS) is 24.4. The van der Waals surface area contributed by atoms with E-state index in [1.54, 1.807) is 0 Å². The van der Waals surface area contributed by atoms with Crippen molar-refractivity contribution in [2.75, 3.05) is 30.0 Å². The number of ether oxygens (including phenoxy) is 2. The van der Waals surface area contributed by atoms with E-state index in [1.807, 2.05) is 36.1 Å². The highest BCUT2D eigenvalue weighted by Crippen LogP contribution is 2.39. The Bertz CT molecular complexity index is 528. The van der Waals surface area contributed by atoms with Crippen molar-refractivity contribution < 1.29 is 14.3 Å². The number of carbonyl (C=O) groups excluding carboxylic acids is 1. The Morgan fingerprint density at radius 1 is 1.33 bits per heavy atom. The van der Waals surface area contributed by atoms with Gasteiger partial charge in [-0.25, -0.2) is 0 Å². The Morgan fingerprint density at radius 2 is 2.05 bits per heavy atom. The third-order valence-electron chi connectivity index (χ3n) is 4.40. The first kappa shape index (κ1) is 14.9. The maximum absolute atomic E-state index is 12.6. The minimum atomic E-state index is -0.424. The molecule has 0 aromatic heterocycles. The Morgan fingerprint density at radius 3 is 2.76 bits per heavy atom. The fourth-order valence-corrected chi connectivity index (χ4v) is 3.73. The third-order valence-corrected chi connectivity index (χ3v) is 5.59. The van der Waals surface area contributed by atoms with Gasteiger partial charge in [-0.1, -0.05) is 28.1 Å². The molecule has 1 amide bonds. The summed E-state index contributed by atoms with van der Waals surface area (Å²) < 4.78 is 11.2. The molecule has 1 aromatic carbocycles. The molecule has 1 atom stereocenters. The number of fused-ring (bicyclic) bond motifs is 1. The second-order valence-corrected chi connectivity index (χ2v) is 6.46. The molecule has 5 heteroatoms. The van der Waals surface area contributed by atoms with Gasteiger partial charge in [-0.15, -0.1) is 0 Å². The van der Waals surface area contributed by atoms with Gasteiger partial charge in [0.2, 0.25) is 0 Å². The van der Waals surface area contributed by atoms with Gasteiger partial charge in [0, 0.05) is 30.5 Å². The van der Waals surface area contributed by atoms with Gasteiger partial charge in [0.1, 0.15) is 5.75 Å². The molecule has 0 N–H and O–H groups in total. The van der Waals surface area contributed by atoms with Crippen molar-refractivity contribution in [1.29, 1.82) is 0 Å². The van der Waals surface area contributed by atoms with Crippen LogP contribution >= 0.6 is 15.9 Å². The number of benzene rings is 1. The molecule has 0 saturated carbocycles. The third kappa shape index (κ3) is 2.81. The molecule has 0 aliphatic carbocycles. The number of hydrogen-bond acceptors (Lipinski definition) is 3. The monoisotopic (exact) mass is 353 g/mol. The van der Waals surface area contributed by atoms with Gasteiger partial charge >= 0.3 is 0 Å². The van der Waals surface area contributed by atoms with Gasteiger partial charge in [0.05, 0.1) is 5.69 Å². The lowest BCUT2D eigenvalue weighted by molar-refractivity contribution is -0.126. The van der Waals surface area contributed by atoms with E-state index in [0.717, 1.165) is 42.8 Å². The van der Waals surface area contributed by atoms with Crippen molar-refractivity contribution >= 4 is 27.5 Å². The van der Waals surface area contributed by atoms with Crippen LogP contribution in [0.5, 0.6) is 5.75 Å². The van der Waals surface area contributed by atoms with Crippen LogP contribution in [0.15, 0.2) is 24.3 Å². The molecule has 0 spiro atoms. The summed E-state index contributed by atoms with van der Waals surface area (Å²) in [5, 5.41) is 0.880. The average Bonchev–Trinajstić information content (AvgIpc) is 2.53. The van der Waals surface area contributed by atoms with Crippen LogP contribution in [0.1, 0.15) is 19.8 Å². The Balaban J connectivity index is 1.91. The number of rotatable bonds is 3. The molecule has 1 fully saturated rings. The van der Waals surface area contributed by atoms with Crippen LogP contribution in [-0.4, -0.2) is 37.1 Å². The van der Waals surface area contributed by atoms with Crippen LogP contribution in [0.25, 0.3) is 0 Å². The molecule has 1 saturated heterocycles. The van der Waals surface area contributed by atoms with E-state index in [9.17, 15) is 4.79 Å². The highest BCUT2D eigenvalue weighted by atomic mass is 79.9. The molecule has 0 radical (unpaired) electrons. The number of anilines is 1. The Kier molecular flexibility index (Phi) is 4.22. The number of nitrogens with zero attached hydrogens (tertiary/aromatic N) is 1.